The normalized spacial score (nSPS) is 24.0. The summed E-state index contributed by atoms with van der Waals surface area (Å²) in [7, 11) is 0. The lowest BCUT2D eigenvalue weighted by atomic mass is 10.4. The van der Waals surface area contributed by atoms with Gasteiger partial charge in [-0.25, -0.2) is 4.79 Å². The molecule has 2 heterocycles. The summed E-state index contributed by atoms with van der Waals surface area (Å²) in [6.45, 7) is 7.09. The molecule has 2 aliphatic heterocycles. The minimum absolute atomic E-state index is 0.0817. The summed E-state index contributed by atoms with van der Waals surface area (Å²) in [4.78, 5) is 15.4. The maximum Gasteiger partial charge on any atom is 0.317 e. The summed E-state index contributed by atoms with van der Waals surface area (Å²) >= 11 is 0. The first kappa shape index (κ1) is 9.73. The Kier molecular flexibility index (Phi) is 3.21. The average molecular weight is 199 g/mol. The summed E-state index contributed by atoms with van der Waals surface area (Å²) in [5.74, 6) is 0. The van der Waals surface area contributed by atoms with Gasteiger partial charge >= 0.3 is 6.03 Å². The number of rotatable bonds is 3. The number of hydrogen-bond acceptors (Lipinski definition) is 3. The molecule has 80 valence electrons. The molecular weight excluding hydrogens is 182 g/mol. The highest BCUT2D eigenvalue weighted by atomic mass is 16.5. The fourth-order valence-corrected chi connectivity index (χ4v) is 1.81. The van der Waals surface area contributed by atoms with E-state index in [-0.39, 0.29) is 6.03 Å². The van der Waals surface area contributed by atoms with E-state index >= 15 is 0 Å². The van der Waals surface area contributed by atoms with Crippen molar-refractivity contribution in [2.45, 2.75) is 0 Å². The Morgan fingerprint density at radius 1 is 1.21 bits per heavy atom. The van der Waals surface area contributed by atoms with Crippen molar-refractivity contribution >= 4 is 6.03 Å². The predicted molar refractivity (Wildman–Crippen MR) is 52.2 cm³/mol. The van der Waals surface area contributed by atoms with Gasteiger partial charge in [0.2, 0.25) is 0 Å². The number of carbonyl (C=O) groups excluding carboxylic acids is 1. The molecule has 5 heteroatoms. The number of amides is 2. The van der Waals surface area contributed by atoms with E-state index in [1.165, 1.54) is 0 Å². The highest BCUT2D eigenvalue weighted by Gasteiger charge is 2.20. The van der Waals surface area contributed by atoms with Gasteiger partial charge in [-0.05, 0) is 0 Å². The lowest BCUT2D eigenvalue weighted by Gasteiger charge is -2.28. The Labute approximate surface area is 84.0 Å². The van der Waals surface area contributed by atoms with Gasteiger partial charge in [-0.1, -0.05) is 0 Å². The molecule has 5 nitrogen and oxygen atoms in total. The van der Waals surface area contributed by atoms with Crippen LogP contribution < -0.4 is 5.32 Å². The van der Waals surface area contributed by atoms with Crippen molar-refractivity contribution in [1.29, 1.82) is 0 Å². The molecule has 0 unspecified atom stereocenters. The summed E-state index contributed by atoms with van der Waals surface area (Å²) in [5, 5.41) is 2.80. The quantitative estimate of drug-likeness (QED) is 0.656. The zero-order valence-electron chi connectivity index (χ0n) is 8.37. The van der Waals surface area contributed by atoms with E-state index in [0.29, 0.717) is 0 Å². The third-order valence-corrected chi connectivity index (χ3v) is 2.74. The maximum atomic E-state index is 11.2. The first-order valence-corrected chi connectivity index (χ1v) is 5.19. The fourth-order valence-electron chi connectivity index (χ4n) is 1.81. The van der Waals surface area contributed by atoms with Crippen LogP contribution in [0, 0.1) is 0 Å². The van der Waals surface area contributed by atoms with E-state index in [1.807, 2.05) is 4.90 Å². The molecule has 0 aliphatic carbocycles. The van der Waals surface area contributed by atoms with Crippen molar-refractivity contribution < 1.29 is 9.53 Å². The van der Waals surface area contributed by atoms with Crippen LogP contribution in [-0.2, 0) is 4.74 Å². The first-order chi connectivity index (χ1) is 6.86. The van der Waals surface area contributed by atoms with Crippen LogP contribution in [0.1, 0.15) is 0 Å². The molecule has 2 aliphatic rings. The van der Waals surface area contributed by atoms with Crippen molar-refractivity contribution in [3.05, 3.63) is 0 Å². The number of hydrogen-bond donors (Lipinski definition) is 1. The number of morpholine rings is 1. The predicted octanol–water partition coefficient (Wildman–Crippen LogP) is -0.656. The topological polar surface area (TPSA) is 44.8 Å². The second kappa shape index (κ2) is 4.61. The van der Waals surface area contributed by atoms with Gasteiger partial charge in [0, 0.05) is 39.3 Å². The van der Waals surface area contributed by atoms with Gasteiger partial charge in [0.25, 0.3) is 0 Å². The molecule has 2 rings (SSSR count). The molecule has 0 aromatic carbocycles. The molecular formula is C9H17N3O2. The van der Waals surface area contributed by atoms with E-state index in [0.717, 1.165) is 52.5 Å². The molecule has 0 aromatic heterocycles. The number of nitrogens with one attached hydrogen (secondary N) is 1. The van der Waals surface area contributed by atoms with Crippen LogP contribution in [0.2, 0.25) is 0 Å². The molecule has 0 spiro atoms. The van der Waals surface area contributed by atoms with Gasteiger partial charge < -0.3 is 15.0 Å². The molecule has 0 bridgehead atoms. The van der Waals surface area contributed by atoms with Gasteiger partial charge in [0.05, 0.1) is 13.2 Å². The fraction of sp³-hybridized carbons (Fsp3) is 0.889. The van der Waals surface area contributed by atoms with Crippen LogP contribution in [0.25, 0.3) is 0 Å². The van der Waals surface area contributed by atoms with E-state index in [1.54, 1.807) is 0 Å². The lowest BCUT2D eigenvalue weighted by molar-refractivity contribution is 0.0356. The van der Waals surface area contributed by atoms with Crippen LogP contribution in [0.15, 0.2) is 0 Å². The minimum atomic E-state index is 0.0817. The zero-order valence-corrected chi connectivity index (χ0v) is 8.37. The molecule has 2 saturated heterocycles. The van der Waals surface area contributed by atoms with E-state index in [2.05, 4.69) is 10.2 Å². The summed E-state index contributed by atoms with van der Waals surface area (Å²) < 4.78 is 5.26. The Hall–Kier alpha value is -0.810. The number of nitrogens with zero attached hydrogens (tertiary/aromatic N) is 2. The minimum Gasteiger partial charge on any atom is -0.379 e. The molecule has 0 saturated carbocycles. The highest BCUT2D eigenvalue weighted by Crippen LogP contribution is 2.00. The van der Waals surface area contributed by atoms with Gasteiger partial charge in [-0.3, -0.25) is 4.90 Å². The monoisotopic (exact) mass is 199 g/mol. The zero-order chi connectivity index (χ0) is 9.80. The Morgan fingerprint density at radius 2 is 2.00 bits per heavy atom. The van der Waals surface area contributed by atoms with Crippen molar-refractivity contribution in [1.82, 2.24) is 15.1 Å². The number of carbonyl (C=O) groups is 1. The van der Waals surface area contributed by atoms with Crippen LogP contribution in [0.3, 0.4) is 0 Å². The van der Waals surface area contributed by atoms with Crippen molar-refractivity contribution in [3.63, 3.8) is 0 Å². The van der Waals surface area contributed by atoms with E-state index < -0.39 is 0 Å². The van der Waals surface area contributed by atoms with Crippen molar-refractivity contribution in [2.24, 2.45) is 0 Å². The highest BCUT2D eigenvalue weighted by molar-refractivity contribution is 5.76. The molecule has 14 heavy (non-hydrogen) atoms. The van der Waals surface area contributed by atoms with Crippen LogP contribution in [0.4, 0.5) is 4.79 Å². The van der Waals surface area contributed by atoms with Gasteiger partial charge in [-0.2, -0.15) is 0 Å². The molecule has 2 fully saturated rings. The number of ether oxygens (including phenoxy) is 1. The van der Waals surface area contributed by atoms with Gasteiger partial charge in [0.1, 0.15) is 0 Å². The number of urea groups is 1. The summed E-state index contributed by atoms with van der Waals surface area (Å²) in [5.41, 5.74) is 0. The van der Waals surface area contributed by atoms with Gasteiger partial charge in [0.15, 0.2) is 0 Å². The average Bonchev–Trinajstić information content (AvgIpc) is 2.63. The SMILES string of the molecule is O=C1NCCN1CCN1CCOCC1. The van der Waals surface area contributed by atoms with E-state index in [9.17, 15) is 4.79 Å². The third-order valence-electron chi connectivity index (χ3n) is 2.74. The van der Waals surface area contributed by atoms with Crippen LogP contribution >= 0.6 is 0 Å². The Morgan fingerprint density at radius 3 is 2.64 bits per heavy atom. The molecule has 1 N–H and O–H groups in total. The van der Waals surface area contributed by atoms with E-state index in [4.69, 9.17) is 4.74 Å². The second-order valence-corrected chi connectivity index (χ2v) is 3.67. The van der Waals surface area contributed by atoms with Crippen LogP contribution in [0.5, 0.6) is 0 Å². The molecule has 0 radical (unpaired) electrons. The Balaban J connectivity index is 1.68. The maximum absolute atomic E-state index is 11.2. The smallest absolute Gasteiger partial charge is 0.317 e. The van der Waals surface area contributed by atoms with Crippen LogP contribution in [-0.4, -0.2) is 68.3 Å². The second-order valence-electron chi connectivity index (χ2n) is 3.67. The standard InChI is InChI=1S/C9H17N3O2/c13-9-10-1-2-12(9)4-3-11-5-7-14-8-6-11/h1-8H2,(H,10,13). The third kappa shape index (κ3) is 2.36. The molecule has 2 amide bonds. The largest absolute Gasteiger partial charge is 0.379 e. The summed E-state index contributed by atoms with van der Waals surface area (Å²) in [6.07, 6.45) is 0. The first-order valence-electron chi connectivity index (χ1n) is 5.19. The van der Waals surface area contributed by atoms with Crippen molar-refractivity contribution in [3.8, 4) is 0 Å². The Bertz CT molecular complexity index is 204. The molecule has 0 atom stereocenters. The van der Waals surface area contributed by atoms with Gasteiger partial charge in [-0.15, -0.1) is 0 Å². The lowest BCUT2D eigenvalue weighted by Crippen LogP contribution is -2.42. The van der Waals surface area contributed by atoms with Crippen molar-refractivity contribution in [2.75, 3.05) is 52.5 Å². The molecule has 0 aromatic rings. The summed E-state index contributed by atoms with van der Waals surface area (Å²) in [6, 6.07) is 0.0817.